The molecule has 12 nitrogen and oxygen atoms in total. The minimum absolute atomic E-state index is 0.0561. The summed E-state index contributed by atoms with van der Waals surface area (Å²) in [7, 11) is -1.81. The van der Waals surface area contributed by atoms with Crippen LogP contribution in [-0.4, -0.2) is 63.4 Å². The Balaban J connectivity index is 1.28. The molecular weight excluding hydrogens is 752 g/mol. The van der Waals surface area contributed by atoms with Crippen LogP contribution in [0.4, 0.5) is 4.39 Å². The molecule has 4 heterocycles. The normalized spacial score (nSPS) is 16.7. The van der Waals surface area contributed by atoms with E-state index in [1.165, 1.54) is 58.4 Å². The summed E-state index contributed by atoms with van der Waals surface area (Å²) in [5.74, 6) is -0.412. The number of rotatable bonds is 14. The van der Waals surface area contributed by atoms with Gasteiger partial charge in [-0.15, -0.1) is 4.80 Å². The first kappa shape index (κ1) is 39.0. The molecule has 0 spiro atoms. The number of ether oxygens (including phenoxy) is 2. The van der Waals surface area contributed by atoms with Gasteiger partial charge < -0.3 is 19.6 Å². The zero-order valence-electron chi connectivity index (χ0n) is 32.0. The van der Waals surface area contributed by atoms with Crippen molar-refractivity contribution >= 4 is 46.2 Å². The molecule has 0 radical (unpaired) electrons. The fourth-order valence-corrected chi connectivity index (χ4v) is 13.0. The van der Waals surface area contributed by atoms with E-state index in [9.17, 15) is 19.2 Å². The SMILES string of the molecule is COc1ccc(F)cc1[C@H](Cn1c(=O)n([C@]2(C)CNC(=O)C2)c(=O)c2c(C)c(-n3nccn3)sc21)OCCCC(C)(C)[Si](O)(c1ccccc1)c1ccccc1. The van der Waals surface area contributed by atoms with Crippen molar-refractivity contribution in [3.8, 4) is 10.8 Å². The Morgan fingerprint density at radius 1 is 1.02 bits per heavy atom. The number of benzene rings is 3. The summed E-state index contributed by atoms with van der Waals surface area (Å²) < 4.78 is 30.0. The maximum Gasteiger partial charge on any atom is 0.332 e. The molecule has 0 saturated carbocycles. The molecule has 1 saturated heterocycles. The number of thiophene rings is 1. The summed E-state index contributed by atoms with van der Waals surface area (Å²) >= 11 is 1.19. The molecule has 1 amide bonds. The number of methoxy groups -OCH3 is 1. The highest BCUT2D eigenvalue weighted by molar-refractivity contribution is 7.21. The average molecular weight is 797 g/mol. The number of halogens is 1. The van der Waals surface area contributed by atoms with E-state index in [0.717, 1.165) is 14.9 Å². The maximum absolute atomic E-state index is 15.0. The molecule has 2 N–H and O–H groups in total. The van der Waals surface area contributed by atoms with Crippen LogP contribution < -0.4 is 31.7 Å². The highest BCUT2D eigenvalue weighted by atomic mass is 32.1. The number of nitrogens with one attached hydrogen (secondary N) is 1. The number of fused-ring (bicyclic) bond motifs is 1. The molecule has 15 heteroatoms. The smallest absolute Gasteiger partial charge is 0.332 e. The number of hydrogen-bond acceptors (Lipinski definition) is 9. The minimum atomic E-state index is -3.30. The Bertz CT molecular complexity index is 2450. The second kappa shape index (κ2) is 15.4. The van der Waals surface area contributed by atoms with Crippen LogP contribution in [0.25, 0.3) is 15.2 Å². The van der Waals surface area contributed by atoms with Gasteiger partial charge in [-0.2, -0.15) is 10.2 Å². The summed E-state index contributed by atoms with van der Waals surface area (Å²) in [4.78, 5) is 56.0. The van der Waals surface area contributed by atoms with Crippen molar-refractivity contribution in [2.24, 2.45) is 0 Å². The summed E-state index contributed by atoms with van der Waals surface area (Å²) in [6, 6.07) is 23.7. The lowest BCUT2D eigenvalue weighted by atomic mass is 10.0. The minimum Gasteiger partial charge on any atom is -0.496 e. The Kier molecular flexibility index (Phi) is 10.7. The van der Waals surface area contributed by atoms with Crippen molar-refractivity contribution in [2.45, 2.75) is 70.2 Å². The van der Waals surface area contributed by atoms with Crippen LogP contribution in [-0.2, 0) is 21.6 Å². The topological polar surface area (TPSA) is 142 Å². The van der Waals surface area contributed by atoms with Crippen molar-refractivity contribution in [1.82, 2.24) is 29.4 Å². The van der Waals surface area contributed by atoms with Crippen molar-refractivity contribution in [3.05, 3.63) is 129 Å². The second-order valence-corrected chi connectivity index (χ2v) is 20.1. The second-order valence-electron chi connectivity index (χ2n) is 15.2. The first-order valence-corrected chi connectivity index (χ1v) is 21.3. The first-order chi connectivity index (χ1) is 26.8. The number of nitrogens with zero attached hydrogens (tertiary/aromatic N) is 5. The summed E-state index contributed by atoms with van der Waals surface area (Å²) in [5, 5.41) is 13.4. The van der Waals surface area contributed by atoms with E-state index in [2.05, 4.69) is 29.4 Å². The van der Waals surface area contributed by atoms with Crippen LogP contribution in [0.5, 0.6) is 5.75 Å². The average Bonchev–Trinajstić information content (AvgIpc) is 3.93. The number of hydrogen-bond donors (Lipinski definition) is 2. The van der Waals surface area contributed by atoms with E-state index in [4.69, 9.17) is 9.47 Å². The summed E-state index contributed by atoms with van der Waals surface area (Å²) in [5.41, 5.74) is -1.34. The van der Waals surface area contributed by atoms with Gasteiger partial charge in [-0.1, -0.05) is 85.8 Å². The fourth-order valence-electron chi connectivity index (χ4n) is 7.99. The van der Waals surface area contributed by atoms with Gasteiger partial charge in [0.05, 0.1) is 43.4 Å². The van der Waals surface area contributed by atoms with E-state index >= 15 is 4.39 Å². The molecule has 7 rings (SSSR count). The predicted molar refractivity (Wildman–Crippen MR) is 216 cm³/mol. The Morgan fingerprint density at radius 2 is 1.66 bits per heavy atom. The Hall–Kier alpha value is -5.22. The molecule has 1 aliphatic rings. The van der Waals surface area contributed by atoms with E-state index < -0.39 is 42.1 Å². The van der Waals surface area contributed by atoms with Gasteiger partial charge in [0.1, 0.15) is 27.5 Å². The van der Waals surface area contributed by atoms with E-state index in [0.29, 0.717) is 44.9 Å². The molecule has 2 atom stereocenters. The summed E-state index contributed by atoms with van der Waals surface area (Å²) in [6.45, 7) is 7.83. The lowest BCUT2D eigenvalue weighted by Gasteiger charge is -2.41. The van der Waals surface area contributed by atoms with Gasteiger partial charge in [-0.25, -0.2) is 9.18 Å². The zero-order valence-corrected chi connectivity index (χ0v) is 33.8. The van der Waals surface area contributed by atoms with Crippen molar-refractivity contribution in [1.29, 1.82) is 0 Å². The molecule has 0 aliphatic carbocycles. The highest BCUT2D eigenvalue weighted by Gasteiger charge is 2.49. The van der Waals surface area contributed by atoms with Crippen LogP contribution in [0.3, 0.4) is 0 Å². The third-order valence-electron chi connectivity index (χ3n) is 11.1. The van der Waals surface area contributed by atoms with Crippen molar-refractivity contribution in [3.63, 3.8) is 0 Å². The van der Waals surface area contributed by atoms with Gasteiger partial charge in [0.25, 0.3) is 13.9 Å². The quantitative estimate of drug-likeness (QED) is 0.121. The van der Waals surface area contributed by atoms with Crippen LogP contribution in [0.2, 0.25) is 5.04 Å². The standard InChI is InChI=1S/C41H45FN6O6SSi/c1-27-35-36(50)47(41(4)24-34(49)43-26-41)39(51)46(38(35)55-37(27)48-44-20-21-45-48)25-33(31-23-28(42)17-18-32(31)53-5)54-22-12-19-40(2,3)56(52,29-13-8-6-9-14-29)30-15-10-7-11-16-30/h6-11,13-18,20-21,23,33,52H,12,19,22,24-26H2,1-5H3,(H,43,49)/t33-,41-/m0/s1. The predicted octanol–water partition coefficient (Wildman–Crippen LogP) is 4.57. The van der Waals surface area contributed by atoms with Gasteiger partial charge >= 0.3 is 5.69 Å². The molecular formula is C41H45FN6O6SSi. The molecule has 0 bridgehead atoms. The molecule has 56 heavy (non-hydrogen) atoms. The molecule has 6 aromatic rings. The van der Waals surface area contributed by atoms with E-state index in [1.807, 2.05) is 60.7 Å². The van der Waals surface area contributed by atoms with Gasteiger partial charge in [-0.05, 0) is 60.3 Å². The number of aromatic nitrogens is 5. The van der Waals surface area contributed by atoms with Gasteiger partial charge in [0, 0.05) is 24.3 Å². The van der Waals surface area contributed by atoms with E-state index in [-0.39, 0.29) is 32.0 Å². The largest absolute Gasteiger partial charge is 0.496 e. The fraction of sp³-hybridized carbons (Fsp3) is 0.341. The maximum atomic E-state index is 15.0. The van der Waals surface area contributed by atoms with Gasteiger partial charge in [-0.3, -0.25) is 18.7 Å². The summed E-state index contributed by atoms with van der Waals surface area (Å²) in [6.07, 6.45) is 3.19. The molecule has 1 aliphatic heterocycles. The number of carbonyl (C=O) groups is 1. The molecule has 3 aromatic heterocycles. The lowest BCUT2D eigenvalue weighted by molar-refractivity contribution is -0.119. The number of aryl methyl sites for hydroxylation is 1. The molecule has 3 aromatic carbocycles. The van der Waals surface area contributed by atoms with Crippen LogP contribution in [0.15, 0.2) is 101 Å². The van der Waals surface area contributed by atoms with Gasteiger partial charge in [0.15, 0.2) is 0 Å². The van der Waals surface area contributed by atoms with Crippen molar-refractivity contribution < 1.29 is 23.5 Å². The Labute approximate surface area is 328 Å². The van der Waals surface area contributed by atoms with Gasteiger partial charge in [0.2, 0.25) is 5.91 Å². The third-order valence-corrected chi connectivity index (χ3v) is 16.9. The van der Waals surface area contributed by atoms with Crippen LogP contribution in [0.1, 0.15) is 57.3 Å². The van der Waals surface area contributed by atoms with Crippen molar-refractivity contribution in [2.75, 3.05) is 20.3 Å². The van der Waals surface area contributed by atoms with Crippen LogP contribution in [0, 0.1) is 12.7 Å². The molecule has 0 unspecified atom stereocenters. The number of carbonyl (C=O) groups excluding carboxylic acids is 1. The first-order valence-electron chi connectivity index (χ1n) is 18.5. The van der Waals surface area contributed by atoms with Crippen LogP contribution >= 0.6 is 11.3 Å². The third kappa shape index (κ3) is 6.93. The highest BCUT2D eigenvalue weighted by Crippen LogP contribution is 2.40. The lowest BCUT2D eigenvalue weighted by Crippen LogP contribution is -2.65. The number of amides is 1. The molecule has 1 fully saturated rings. The monoisotopic (exact) mass is 796 g/mol. The van der Waals surface area contributed by atoms with E-state index in [1.54, 1.807) is 13.8 Å². The Morgan fingerprint density at radius 3 is 2.25 bits per heavy atom. The molecule has 292 valence electrons. The zero-order chi connectivity index (χ0) is 39.8.